The lowest BCUT2D eigenvalue weighted by Gasteiger charge is -2.08. The van der Waals surface area contributed by atoms with Gasteiger partial charge in [0.1, 0.15) is 4.90 Å². The summed E-state index contributed by atoms with van der Waals surface area (Å²) < 4.78 is 28.8. The Balaban J connectivity index is 1.95. The maximum absolute atomic E-state index is 12.3. The summed E-state index contributed by atoms with van der Waals surface area (Å²) in [6.45, 7) is 2.98. The third kappa shape index (κ3) is 3.42. The van der Waals surface area contributed by atoms with Gasteiger partial charge in [-0.3, -0.25) is 4.68 Å². The molecular formula is C11H17N5O2S2. The van der Waals surface area contributed by atoms with Gasteiger partial charge < -0.3 is 5.73 Å². The van der Waals surface area contributed by atoms with Crippen LogP contribution in [0.15, 0.2) is 22.7 Å². The molecular weight excluding hydrogens is 298 g/mol. The molecule has 0 amide bonds. The largest absolute Gasteiger partial charge is 0.326 e. The lowest BCUT2D eigenvalue weighted by Crippen LogP contribution is -2.27. The van der Waals surface area contributed by atoms with E-state index in [4.69, 9.17) is 5.73 Å². The fourth-order valence-corrected chi connectivity index (χ4v) is 4.63. The average Bonchev–Trinajstić information content (AvgIpc) is 3.03. The van der Waals surface area contributed by atoms with Gasteiger partial charge in [-0.05, 0) is 24.3 Å². The van der Waals surface area contributed by atoms with Crippen molar-refractivity contribution in [1.29, 1.82) is 0 Å². The van der Waals surface area contributed by atoms with Crippen molar-refractivity contribution < 1.29 is 8.42 Å². The highest BCUT2D eigenvalue weighted by molar-refractivity contribution is 7.89. The Kier molecular flexibility index (Phi) is 4.86. The van der Waals surface area contributed by atoms with E-state index in [1.807, 2.05) is 5.38 Å². The van der Waals surface area contributed by atoms with Gasteiger partial charge >= 0.3 is 0 Å². The molecule has 0 atom stereocenters. The van der Waals surface area contributed by atoms with Gasteiger partial charge in [0.15, 0.2) is 0 Å². The van der Waals surface area contributed by atoms with Crippen molar-refractivity contribution in [3.8, 4) is 0 Å². The molecule has 2 heterocycles. The first-order valence-electron chi connectivity index (χ1n) is 6.15. The monoisotopic (exact) mass is 315 g/mol. The summed E-state index contributed by atoms with van der Waals surface area (Å²) in [7, 11) is -3.50. The van der Waals surface area contributed by atoms with E-state index in [2.05, 4.69) is 15.0 Å². The maximum atomic E-state index is 12.3. The molecule has 0 aromatic carbocycles. The van der Waals surface area contributed by atoms with Crippen LogP contribution in [0.3, 0.4) is 0 Å². The highest BCUT2D eigenvalue weighted by Crippen LogP contribution is 2.26. The Morgan fingerprint density at radius 1 is 1.50 bits per heavy atom. The predicted molar refractivity (Wildman–Crippen MR) is 76.8 cm³/mol. The van der Waals surface area contributed by atoms with Crippen LogP contribution in [0.1, 0.15) is 16.9 Å². The van der Waals surface area contributed by atoms with Gasteiger partial charge in [0.05, 0.1) is 6.20 Å². The fraction of sp³-hybridized carbons (Fsp3) is 0.455. The molecule has 0 aliphatic rings. The second-order valence-electron chi connectivity index (χ2n) is 4.29. The quantitative estimate of drug-likeness (QED) is 0.723. The summed E-state index contributed by atoms with van der Waals surface area (Å²) in [4.78, 5) is 1.01. The van der Waals surface area contributed by atoms with Crippen molar-refractivity contribution in [2.24, 2.45) is 5.73 Å². The van der Waals surface area contributed by atoms with E-state index in [9.17, 15) is 8.42 Å². The zero-order valence-corrected chi connectivity index (χ0v) is 12.7. The van der Waals surface area contributed by atoms with Crippen molar-refractivity contribution in [3.63, 3.8) is 0 Å². The third-order valence-corrected chi connectivity index (χ3v) is 5.72. The van der Waals surface area contributed by atoms with Gasteiger partial charge in [0.25, 0.3) is 0 Å². The fourth-order valence-electron chi connectivity index (χ4n) is 1.86. The molecule has 2 aromatic heterocycles. The summed E-state index contributed by atoms with van der Waals surface area (Å²) in [5.41, 5.74) is 6.31. The Morgan fingerprint density at radius 2 is 2.30 bits per heavy atom. The van der Waals surface area contributed by atoms with Crippen LogP contribution in [0.4, 0.5) is 0 Å². The molecule has 20 heavy (non-hydrogen) atoms. The van der Waals surface area contributed by atoms with Gasteiger partial charge in [-0.25, -0.2) is 13.1 Å². The molecule has 0 aliphatic carbocycles. The zero-order chi connectivity index (χ0) is 14.6. The summed E-state index contributed by atoms with van der Waals surface area (Å²) in [6.07, 6.45) is 3.97. The van der Waals surface area contributed by atoms with E-state index in [1.54, 1.807) is 24.0 Å². The minimum Gasteiger partial charge on any atom is -0.326 e. The maximum Gasteiger partial charge on any atom is 0.241 e. The highest BCUT2D eigenvalue weighted by atomic mass is 32.2. The number of aromatic nitrogens is 3. The summed E-state index contributed by atoms with van der Waals surface area (Å²) >= 11 is 1.37. The second kappa shape index (κ2) is 6.44. The molecule has 3 N–H and O–H groups in total. The third-order valence-electron chi connectivity index (χ3n) is 2.77. The summed E-state index contributed by atoms with van der Waals surface area (Å²) in [5, 5.41) is 9.31. The van der Waals surface area contributed by atoms with E-state index in [0.29, 0.717) is 29.3 Å². The molecule has 2 aromatic rings. The number of nitrogens with two attached hydrogens (primary N) is 1. The van der Waals surface area contributed by atoms with Crippen molar-refractivity contribution in [2.45, 2.75) is 31.3 Å². The van der Waals surface area contributed by atoms with Crippen molar-refractivity contribution in [3.05, 3.63) is 28.2 Å². The molecule has 0 fully saturated rings. The van der Waals surface area contributed by atoms with Crippen molar-refractivity contribution >= 4 is 21.4 Å². The molecule has 0 aliphatic heterocycles. The van der Waals surface area contributed by atoms with E-state index in [0.717, 1.165) is 5.56 Å². The predicted octanol–water partition coefficient (Wildman–Crippen LogP) is 0.475. The number of sulfonamides is 1. The van der Waals surface area contributed by atoms with Crippen LogP contribution in [0, 0.1) is 6.92 Å². The molecule has 0 radical (unpaired) electrons. The molecule has 110 valence electrons. The van der Waals surface area contributed by atoms with Crippen LogP contribution in [-0.4, -0.2) is 30.0 Å². The number of hydrogen-bond acceptors (Lipinski definition) is 6. The first kappa shape index (κ1) is 15.1. The molecule has 2 rings (SSSR count). The number of nitrogens with one attached hydrogen (secondary N) is 1. The zero-order valence-electron chi connectivity index (χ0n) is 11.1. The number of hydrogen-bond donors (Lipinski definition) is 2. The van der Waals surface area contributed by atoms with E-state index in [-0.39, 0.29) is 6.54 Å². The van der Waals surface area contributed by atoms with E-state index < -0.39 is 10.0 Å². The average molecular weight is 315 g/mol. The van der Waals surface area contributed by atoms with Crippen LogP contribution < -0.4 is 10.5 Å². The first-order chi connectivity index (χ1) is 9.54. The summed E-state index contributed by atoms with van der Waals surface area (Å²) in [5.74, 6) is 0. The smallest absolute Gasteiger partial charge is 0.241 e. The van der Waals surface area contributed by atoms with Crippen molar-refractivity contribution in [2.75, 3.05) is 6.54 Å². The Labute approximate surface area is 121 Å². The van der Waals surface area contributed by atoms with Crippen LogP contribution in [0.25, 0.3) is 0 Å². The molecule has 0 saturated carbocycles. The Morgan fingerprint density at radius 3 is 2.95 bits per heavy atom. The van der Waals surface area contributed by atoms with Gasteiger partial charge in [0, 0.05) is 30.7 Å². The Bertz CT molecular complexity index is 648. The van der Waals surface area contributed by atoms with E-state index >= 15 is 0 Å². The normalized spacial score (nSPS) is 11.9. The van der Waals surface area contributed by atoms with Gasteiger partial charge in [-0.1, -0.05) is 5.21 Å². The minimum atomic E-state index is -3.50. The molecule has 7 nitrogen and oxygen atoms in total. The standard InChI is InChI=1S/C11H17N5O2S2/c1-9-8-19-10(7-12)11(9)20(17,18)14-3-2-5-16-6-4-13-15-16/h4,6,8,14H,2-3,5,7,12H2,1H3. The van der Waals surface area contributed by atoms with Crippen LogP contribution in [0.2, 0.25) is 0 Å². The molecule has 0 saturated heterocycles. The number of nitrogens with zero attached hydrogens (tertiary/aromatic N) is 3. The number of rotatable bonds is 7. The Hall–Kier alpha value is -1.29. The van der Waals surface area contributed by atoms with Gasteiger partial charge in [-0.15, -0.1) is 16.4 Å². The van der Waals surface area contributed by atoms with Crippen LogP contribution in [0.5, 0.6) is 0 Å². The minimum absolute atomic E-state index is 0.230. The molecule has 0 spiro atoms. The topological polar surface area (TPSA) is 103 Å². The SMILES string of the molecule is Cc1csc(CN)c1S(=O)(=O)NCCCn1ccnn1. The van der Waals surface area contributed by atoms with E-state index in [1.165, 1.54) is 11.3 Å². The second-order valence-corrected chi connectivity index (χ2v) is 6.96. The summed E-state index contributed by atoms with van der Waals surface area (Å²) in [6, 6.07) is 0. The van der Waals surface area contributed by atoms with Crippen molar-refractivity contribution in [1.82, 2.24) is 19.7 Å². The van der Waals surface area contributed by atoms with Gasteiger partial charge in [0.2, 0.25) is 10.0 Å². The lowest BCUT2D eigenvalue weighted by molar-refractivity contribution is 0.542. The lowest BCUT2D eigenvalue weighted by atomic mass is 10.3. The molecule has 9 heteroatoms. The first-order valence-corrected chi connectivity index (χ1v) is 8.51. The van der Waals surface area contributed by atoms with Crippen LogP contribution in [-0.2, 0) is 23.1 Å². The molecule has 0 bridgehead atoms. The van der Waals surface area contributed by atoms with Gasteiger partial charge in [-0.2, -0.15) is 0 Å². The number of aryl methyl sites for hydroxylation is 2. The molecule has 0 unspecified atom stereocenters. The van der Waals surface area contributed by atoms with Crippen LogP contribution >= 0.6 is 11.3 Å². The highest BCUT2D eigenvalue weighted by Gasteiger charge is 2.21. The number of thiophene rings is 1.